The monoisotopic (exact) mass is 548 g/mol. The summed E-state index contributed by atoms with van der Waals surface area (Å²) in [4.78, 5) is 25.9. The first-order valence-electron chi connectivity index (χ1n) is 11.0. The largest absolute Gasteiger partial charge is 0.480 e. The predicted molar refractivity (Wildman–Crippen MR) is 138 cm³/mol. The van der Waals surface area contributed by atoms with Gasteiger partial charge < -0.3 is 15.5 Å². The van der Waals surface area contributed by atoms with Gasteiger partial charge in [-0.3, -0.25) is 9.59 Å². The smallest absolute Gasteiger partial charge is 0.325 e. The highest BCUT2D eigenvalue weighted by molar-refractivity contribution is 7.91. The number of carbonyl (C=O) groups is 2. The molecule has 0 saturated heterocycles. The topological polar surface area (TPSA) is 133 Å². The molecule has 1 fully saturated rings. The third-order valence-corrected chi connectivity index (χ3v) is 9.45. The fourth-order valence-corrected chi connectivity index (χ4v) is 6.82. The Morgan fingerprint density at radius 1 is 1.11 bits per heavy atom. The number of hydrogen-bond acceptors (Lipinski definition) is 6. The number of sulfonamides is 1. The molecular formula is C25H25ClN2O6S2. The number of carboxylic acid groups (broad SMARTS) is 1. The minimum absolute atomic E-state index is 0.00926. The lowest BCUT2D eigenvalue weighted by Crippen LogP contribution is -2.47. The molecule has 1 aliphatic rings. The molecule has 1 saturated carbocycles. The van der Waals surface area contributed by atoms with Crippen LogP contribution in [0.2, 0.25) is 5.02 Å². The Morgan fingerprint density at radius 2 is 1.78 bits per heavy atom. The Bertz CT molecular complexity index is 1420. The lowest BCUT2D eigenvalue weighted by atomic mass is 9.98. The minimum atomic E-state index is -4.17. The van der Waals surface area contributed by atoms with Gasteiger partial charge in [0.2, 0.25) is 0 Å². The summed E-state index contributed by atoms with van der Waals surface area (Å²) >= 11 is 6.94. The molecule has 1 aromatic heterocycles. The average Bonchev–Trinajstić information content (AvgIpc) is 3.31. The number of aliphatic hydroxyl groups is 1. The minimum Gasteiger partial charge on any atom is -0.480 e. The zero-order valence-electron chi connectivity index (χ0n) is 19.5. The molecule has 8 nitrogen and oxygen atoms in total. The van der Waals surface area contributed by atoms with Gasteiger partial charge in [-0.25, -0.2) is 8.42 Å². The Hall–Kier alpha value is -2.76. The second-order valence-corrected chi connectivity index (χ2v) is 12.8. The normalized spacial score (nSPS) is 19.6. The van der Waals surface area contributed by atoms with E-state index in [1.165, 1.54) is 6.07 Å². The van der Waals surface area contributed by atoms with Crippen LogP contribution < -0.4 is 10.0 Å². The van der Waals surface area contributed by atoms with Crippen LogP contribution in [0.15, 0.2) is 64.9 Å². The van der Waals surface area contributed by atoms with Crippen LogP contribution in [-0.2, 0) is 14.8 Å². The van der Waals surface area contributed by atoms with E-state index in [4.69, 9.17) is 11.6 Å². The maximum absolute atomic E-state index is 13.2. The molecule has 2 atom stereocenters. The molecule has 4 rings (SSSR count). The van der Waals surface area contributed by atoms with E-state index in [0.29, 0.717) is 15.5 Å². The third-order valence-electron chi connectivity index (χ3n) is 6.06. The van der Waals surface area contributed by atoms with Crippen LogP contribution in [0.4, 0.5) is 0 Å². The van der Waals surface area contributed by atoms with Crippen molar-refractivity contribution in [3.63, 3.8) is 0 Å². The number of nitrogens with one attached hydrogen (secondary N) is 2. The predicted octanol–water partition coefficient (Wildman–Crippen LogP) is 3.86. The maximum atomic E-state index is 13.2. The van der Waals surface area contributed by atoms with Crippen molar-refractivity contribution < 1.29 is 28.2 Å². The van der Waals surface area contributed by atoms with E-state index in [0.717, 1.165) is 16.9 Å². The molecule has 0 bridgehead atoms. The molecule has 0 aliphatic heterocycles. The quantitative estimate of drug-likeness (QED) is 0.321. The molecule has 2 aromatic carbocycles. The average molecular weight is 549 g/mol. The van der Waals surface area contributed by atoms with Crippen LogP contribution in [0.1, 0.15) is 42.1 Å². The summed E-state index contributed by atoms with van der Waals surface area (Å²) in [6.45, 7) is 3.02. The first kappa shape index (κ1) is 26.3. The zero-order valence-corrected chi connectivity index (χ0v) is 21.9. The number of thiophene rings is 1. The molecule has 3 aromatic rings. The van der Waals surface area contributed by atoms with Crippen LogP contribution in [-0.4, -0.2) is 48.2 Å². The van der Waals surface area contributed by atoms with E-state index in [9.17, 15) is 28.2 Å². The first-order valence-corrected chi connectivity index (χ1v) is 13.7. The fourth-order valence-electron chi connectivity index (χ4n) is 3.98. The number of aliphatic carboxylic acids is 1. The number of rotatable bonds is 9. The van der Waals surface area contributed by atoms with Crippen molar-refractivity contribution in [3.05, 3.63) is 76.8 Å². The Balaban J connectivity index is 1.61. The lowest BCUT2D eigenvalue weighted by molar-refractivity contribution is -0.140. The highest BCUT2D eigenvalue weighted by atomic mass is 35.5. The van der Waals surface area contributed by atoms with Crippen LogP contribution in [0, 0.1) is 0 Å². The molecule has 0 unspecified atom stereocenters. The number of carboxylic acids is 1. The SMILES string of the molecule is CC(C)(CO)NC(=O)c1ccccc1[C@@H]1C[C@]1(NS(=O)(=O)c1ccc(-c2ccc(Cl)cc2)s1)C(=O)O. The van der Waals surface area contributed by atoms with Crippen LogP contribution in [0.25, 0.3) is 10.4 Å². The van der Waals surface area contributed by atoms with Gasteiger partial charge in [-0.05, 0) is 61.7 Å². The van der Waals surface area contributed by atoms with Crippen molar-refractivity contribution in [1.29, 1.82) is 0 Å². The van der Waals surface area contributed by atoms with Gasteiger partial charge in [0.25, 0.3) is 15.9 Å². The molecule has 4 N–H and O–H groups in total. The van der Waals surface area contributed by atoms with Gasteiger partial charge >= 0.3 is 5.97 Å². The molecular weight excluding hydrogens is 524 g/mol. The van der Waals surface area contributed by atoms with Gasteiger partial charge in [0.1, 0.15) is 9.75 Å². The molecule has 0 spiro atoms. The summed E-state index contributed by atoms with van der Waals surface area (Å²) in [5.41, 5.74) is -1.24. The van der Waals surface area contributed by atoms with Crippen LogP contribution in [0.5, 0.6) is 0 Å². The summed E-state index contributed by atoms with van der Waals surface area (Å²) in [5.74, 6) is -2.55. The standard InChI is InChI=1S/C25H25ClN2O6S2/c1-24(2,14-29)27-22(30)18-6-4-3-5-17(18)19-13-25(19,23(31)32)28-36(33,34)21-12-11-20(35-21)15-7-9-16(26)10-8-15/h3-12,19,28-29H,13-14H2,1-2H3,(H,27,30)(H,31,32)/t19-,25+/m0/s1. The number of hydrogen-bond donors (Lipinski definition) is 4. The van der Waals surface area contributed by atoms with E-state index < -0.39 is 38.9 Å². The van der Waals surface area contributed by atoms with Crippen molar-refractivity contribution in [1.82, 2.24) is 10.0 Å². The summed E-state index contributed by atoms with van der Waals surface area (Å²) < 4.78 is 28.8. The van der Waals surface area contributed by atoms with E-state index in [-0.39, 0.29) is 22.8 Å². The van der Waals surface area contributed by atoms with Crippen molar-refractivity contribution >= 4 is 44.8 Å². The zero-order chi connectivity index (χ0) is 26.3. The van der Waals surface area contributed by atoms with E-state index in [1.54, 1.807) is 68.4 Å². The van der Waals surface area contributed by atoms with Crippen LogP contribution in [0.3, 0.4) is 0 Å². The number of halogens is 1. The Morgan fingerprint density at radius 3 is 2.42 bits per heavy atom. The second kappa shape index (κ2) is 9.60. The lowest BCUT2D eigenvalue weighted by Gasteiger charge is -2.24. The Labute approximate surface area is 218 Å². The maximum Gasteiger partial charge on any atom is 0.325 e. The highest BCUT2D eigenvalue weighted by Crippen LogP contribution is 2.53. The summed E-state index contributed by atoms with van der Waals surface area (Å²) in [6.07, 6.45) is -0.00926. The molecule has 11 heteroatoms. The van der Waals surface area contributed by atoms with Gasteiger partial charge in [0.15, 0.2) is 0 Å². The fraction of sp³-hybridized carbons (Fsp3) is 0.280. The first-order chi connectivity index (χ1) is 16.9. The number of aliphatic hydroxyl groups excluding tert-OH is 1. The summed E-state index contributed by atoms with van der Waals surface area (Å²) in [7, 11) is -4.17. The summed E-state index contributed by atoms with van der Waals surface area (Å²) in [6, 6.07) is 16.5. The molecule has 190 valence electrons. The van der Waals surface area contributed by atoms with Crippen molar-refractivity contribution in [2.75, 3.05) is 6.61 Å². The van der Waals surface area contributed by atoms with Gasteiger partial charge in [0.05, 0.1) is 12.1 Å². The molecule has 1 aliphatic carbocycles. The van der Waals surface area contributed by atoms with Crippen LogP contribution >= 0.6 is 22.9 Å². The van der Waals surface area contributed by atoms with Crippen molar-refractivity contribution in [3.8, 4) is 10.4 Å². The number of benzene rings is 2. The van der Waals surface area contributed by atoms with Gasteiger partial charge in [-0.15, -0.1) is 11.3 Å². The number of carbonyl (C=O) groups excluding carboxylic acids is 1. The highest BCUT2D eigenvalue weighted by Gasteiger charge is 2.64. The van der Waals surface area contributed by atoms with E-state index in [1.807, 2.05) is 0 Å². The second-order valence-electron chi connectivity index (χ2n) is 9.35. The molecule has 1 heterocycles. The molecule has 1 amide bonds. The third kappa shape index (κ3) is 5.18. The number of amides is 1. The molecule has 36 heavy (non-hydrogen) atoms. The van der Waals surface area contributed by atoms with Crippen molar-refractivity contribution in [2.24, 2.45) is 0 Å². The van der Waals surface area contributed by atoms with Gasteiger partial charge in [-0.1, -0.05) is 41.9 Å². The van der Waals surface area contributed by atoms with E-state index in [2.05, 4.69) is 10.0 Å². The van der Waals surface area contributed by atoms with E-state index >= 15 is 0 Å². The summed E-state index contributed by atoms with van der Waals surface area (Å²) in [5, 5.41) is 22.8. The van der Waals surface area contributed by atoms with Gasteiger partial charge in [-0.2, -0.15) is 4.72 Å². The van der Waals surface area contributed by atoms with Crippen molar-refractivity contribution in [2.45, 2.75) is 41.5 Å². The van der Waals surface area contributed by atoms with Gasteiger partial charge in [0, 0.05) is 21.4 Å². The Kier molecular flexibility index (Phi) is 7.02. The molecule has 0 radical (unpaired) electrons.